The van der Waals surface area contributed by atoms with Crippen molar-refractivity contribution >= 4 is 33.3 Å². The second-order valence-electron chi connectivity index (χ2n) is 10.4. The minimum Gasteiger partial charge on any atom is -0.372 e. The zero-order valence-electron chi connectivity index (χ0n) is 24.5. The number of likely N-dealkylation sites (N-methyl/N-ethyl adjacent to an activating group) is 1. The fourth-order valence-electron chi connectivity index (χ4n) is 3.25. The predicted molar refractivity (Wildman–Crippen MR) is 159 cm³/mol. The molecule has 3 heterocycles. The van der Waals surface area contributed by atoms with Crippen molar-refractivity contribution in [2.75, 3.05) is 43.9 Å². The van der Waals surface area contributed by atoms with Crippen molar-refractivity contribution in [3.8, 4) is 10.6 Å². The summed E-state index contributed by atoms with van der Waals surface area (Å²) >= 11 is 1.65. The molecule has 7 nitrogen and oxygen atoms in total. The molecular weight excluding hydrogens is 466 g/mol. The third-order valence-corrected chi connectivity index (χ3v) is 5.77. The molecule has 0 saturated carbocycles. The molecule has 0 aliphatic carbocycles. The molecule has 0 aliphatic rings. The van der Waals surface area contributed by atoms with Crippen molar-refractivity contribution in [2.45, 2.75) is 82.1 Å². The Labute approximate surface area is 223 Å². The lowest BCUT2D eigenvalue weighted by Crippen LogP contribution is -2.30. The molecule has 0 amide bonds. The summed E-state index contributed by atoms with van der Waals surface area (Å²) in [5.41, 5.74) is 4.25. The van der Waals surface area contributed by atoms with E-state index < -0.39 is 0 Å². The predicted octanol–water partition coefficient (Wildman–Crippen LogP) is 7.42. The van der Waals surface area contributed by atoms with E-state index in [1.165, 1.54) is 12.8 Å². The summed E-state index contributed by atoms with van der Waals surface area (Å²) in [4.78, 5) is 21.0. The van der Waals surface area contributed by atoms with Crippen LogP contribution in [-0.4, -0.2) is 58.1 Å². The highest BCUT2D eigenvalue weighted by atomic mass is 32.1. The molecule has 0 bridgehead atoms. The summed E-state index contributed by atoms with van der Waals surface area (Å²) in [6.45, 7) is 25.4. The van der Waals surface area contributed by atoms with Crippen molar-refractivity contribution < 1.29 is 0 Å². The number of aryl methyl sites for hydroxylation is 2. The van der Waals surface area contributed by atoms with Gasteiger partial charge >= 0.3 is 0 Å². The zero-order valence-corrected chi connectivity index (χ0v) is 25.4. The van der Waals surface area contributed by atoms with Crippen LogP contribution in [0.25, 0.3) is 20.8 Å². The zero-order chi connectivity index (χ0) is 27.3. The minimum absolute atomic E-state index is 0.500. The molecule has 0 saturated heterocycles. The van der Waals surface area contributed by atoms with Crippen molar-refractivity contribution in [3.05, 3.63) is 23.7 Å². The third-order valence-electron chi connectivity index (χ3n) is 4.73. The number of nitrogens with one attached hydrogen (secondary N) is 2. The van der Waals surface area contributed by atoms with Gasteiger partial charge in [-0.25, -0.2) is 9.97 Å². The van der Waals surface area contributed by atoms with Gasteiger partial charge in [0.05, 0.1) is 21.7 Å². The molecule has 0 spiro atoms. The highest BCUT2D eigenvalue weighted by Gasteiger charge is 2.17. The van der Waals surface area contributed by atoms with Gasteiger partial charge in [-0.15, -0.1) is 11.3 Å². The monoisotopic (exact) mass is 515 g/mol. The quantitative estimate of drug-likeness (QED) is 0.307. The second-order valence-corrected chi connectivity index (χ2v) is 11.5. The lowest BCUT2D eigenvalue weighted by molar-refractivity contribution is 0.300. The minimum atomic E-state index is 0.500. The van der Waals surface area contributed by atoms with Crippen molar-refractivity contribution in [1.29, 1.82) is 0 Å². The Morgan fingerprint density at radius 3 is 2.11 bits per heavy atom. The SMILES string of the molecule is CC(C)(C)C.CCC.CCCN(CC)CCNc1nc(C)c(-c2nc3c(C)nccc3s2)c(NC)n1. The number of pyridine rings is 1. The molecule has 202 valence electrons. The van der Waals surface area contributed by atoms with Crippen LogP contribution in [0.1, 0.15) is 79.6 Å². The van der Waals surface area contributed by atoms with Gasteiger partial charge in [0.25, 0.3) is 0 Å². The van der Waals surface area contributed by atoms with Gasteiger partial charge in [0.2, 0.25) is 5.95 Å². The topological polar surface area (TPSA) is 78.9 Å². The van der Waals surface area contributed by atoms with Gasteiger partial charge < -0.3 is 15.5 Å². The van der Waals surface area contributed by atoms with Crippen LogP contribution in [0.2, 0.25) is 0 Å². The Morgan fingerprint density at radius 1 is 0.944 bits per heavy atom. The van der Waals surface area contributed by atoms with Gasteiger partial charge in [-0.2, -0.15) is 4.98 Å². The van der Waals surface area contributed by atoms with Gasteiger partial charge in [0.15, 0.2) is 0 Å². The summed E-state index contributed by atoms with van der Waals surface area (Å²) < 4.78 is 1.13. The first kappa shape index (κ1) is 31.7. The van der Waals surface area contributed by atoms with E-state index in [-0.39, 0.29) is 0 Å². The Hall–Kier alpha value is -2.32. The van der Waals surface area contributed by atoms with Gasteiger partial charge in [-0.1, -0.05) is 61.8 Å². The molecule has 0 aliphatic heterocycles. The van der Waals surface area contributed by atoms with Crippen LogP contribution < -0.4 is 10.6 Å². The smallest absolute Gasteiger partial charge is 0.224 e. The number of anilines is 2. The summed E-state index contributed by atoms with van der Waals surface area (Å²) in [6, 6.07) is 2.00. The largest absolute Gasteiger partial charge is 0.372 e. The van der Waals surface area contributed by atoms with Crippen LogP contribution in [0, 0.1) is 19.3 Å². The van der Waals surface area contributed by atoms with Crippen LogP contribution in [0.3, 0.4) is 0 Å². The summed E-state index contributed by atoms with van der Waals surface area (Å²) in [6.07, 6.45) is 4.24. The summed E-state index contributed by atoms with van der Waals surface area (Å²) in [5.74, 6) is 1.44. The highest BCUT2D eigenvalue weighted by molar-refractivity contribution is 7.21. The number of thiazole rings is 1. The van der Waals surface area contributed by atoms with Gasteiger partial charge in [-0.3, -0.25) is 4.98 Å². The number of rotatable bonds is 9. The Bertz CT molecular complexity index is 1030. The van der Waals surface area contributed by atoms with Crippen molar-refractivity contribution in [3.63, 3.8) is 0 Å². The fraction of sp³-hybridized carbons (Fsp3) is 0.643. The Kier molecular flexibility index (Phi) is 13.8. The molecule has 0 unspecified atom stereocenters. The van der Waals surface area contributed by atoms with Crippen molar-refractivity contribution in [1.82, 2.24) is 24.8 Å². The Balaban J connectivity index is 0.000000709. The first-order chi connectivity index (χ1) is 17.0. The molecule has 3 aromatic rings. The molecule has 2 N–H and O–H groups in total. The average molecular weight is 516 g/mol. The number of hydrogen-bond donors (Lipinski definition) is 2. The van der Waals surface area contributed by atoms with E-state index in [0.717, 1.165) is 64.2 Å². The number of nitrogens with zero attached hydrogens (tertiary/aromatic N) is 5. The molecule has 0 radical (unpaired) electrons. The van der Waals surface area contributed by atoms with E-state index in [1.807, 2.05) is 33.2 Å². The van der Waals surface area contributed by atoms with E-state index in [1.54, 1.807) is 11.3 Å². The van der Waals surface area contributed by atoms with E-state index in [2.05, 4.69) is 85.9 Å². The van der Waals surface area contributed by atoms with E-state index in [4.69, 9.17) is 4.98 Å². The van der Waals surface area contributed by atoms with E-state index in [9.17, 15) is 0 Å². The third kappa shape index (κ3) is 10.7. The highest BCUT2D eigenvalue weighted by Crippen LogP contribution is 2.36. The molecule has 8 heteroatoms. The van der Waals surface area contributed by atoms with Crippen LogP contribution in [-0.2, 0) is 0 Å². The molecule has 3 aromatic heterocycles. The van der Waals surface area contributed by atoms with Crippen LogP contribution in [0.5, 0.6) is 0 Å². The number of fused-ring (bicyclic) bond motifs is 1. The fourth-order valence-corrected chi connectivity index (χ4v) is 4.36. The standard InChI is InChI=1S/C20H29N7S.C5H12.C3H8/c1-6-11-27(7-2)12-10-23-20-24-13(3)16(18(21-5)26-20)19-25-17-14(4)22-9-8-15(17)28-19;1-5(2,3)4;1-3-2/h8-9H,6-7,10-12H2,1-5H3,(H2,21,23,24,26);1-4H3;3H2,1-2H3. The Morgan fingerprint density at radius 2 is 1.58 bits per heavy atom. The second kappa shape index (κ2) is 15.7. The summed E-state index contributed by atoms with van der Waals surface area (Å²) in [7, 11) is 1.88. The first-order valence-electron chi connectivity index (χ1n) is 13.2. The van der Waals surface area contributed by atoms with Gasteiger partial charge in [-0.05, 0) is 44.8 Å². The maximum absolute atomic E-state index is 4.81. The first-order valence-corrected chi connectivity index (χ1v) is 14.1. The number of aromatic nitrogens is 4. The lowest BCUT2D eigenvalue weighted by atomic mass is 10.0. The molecule has 0 fully saturated rings. The molecule has 36 heavy (non-hydrogen) atoms. The molecule has 3 rings (SSSR count). The number of hydrogen-bond acceptors (Lipinski definition) is 8. The van der Waals surface area contributed by atoms with E-state index in [0.29, 0.717) is 11.4 Å². The normalized spacial score (nSPS) is 11.0. The maximum atomic E-state index is 4.81. The summed E-state index contributed by atoms with van der Waals surface area (Å²) in [5, 5.41) is 7.50. The molecular formula is C28H49N7S. The van der Waals surface area contributed by atoms with Gasteiger partial charge in [0, 0.05) is 26.3 Å². The van der Waals surface area contributed by atoms with Crippen LogP contribution in [0.15, 0.2) is 12.3 Å². The maximum Gasteiger partial charge on any atom is 0.224 e. The van der Waals surface area contributed by atoms with Crippen molar-refractivity contribution in [2.24, 2.45) is 5.41 Å². The lowest BCUT2D eigenvalue weighted by Gasteiger charge is -2.19. The average Bonchev–Trinajstić information content (AvgIpc) is 3.22. The van der Waals surface area contributed by atoms with E-state index >= 15 is 0 Å². The van der Waals surface area contributed by atoms with Crippen LogP contribution >= 0.6 is 11.3 Å². The van der Waals surface area contributed by atoms with Crippen LogP contribution in [0.4, 0.5) is 11.8 Å². The molecule has 0 aromatic carbocycles. The van der Waals surface area contributed by atoms with Gasteiger partial charge in [0.1, 0.15) is 16.3 Å². The molecule has 0 atom stereocenters.